The maximum Gasteiger partial charge on any atom is 0.332 e. The van der Waals surface area contributed by atoms with Gasteiger partial charge < -0.3 is 15.2 Å². The zero-order chi connectivity index (χ0) is 14.5. The lowest BCUT2D eigenvalue weighted by molar-refractivity contribution is -0.151. The van der Waals surface area contributed by atoms with Crippen molar-refractivity contribution < 1.29 is 19.4 Å². The van der Waals surface area contributed by atoms with Crippen molar-refractivity contribution in [1.29, 1.82) is 0 Å². The monoisotopic (exact) mass is 283 g/mol. The molecule has 114 valence electrons. The second-order valence-electron chi connectivity index (χ2n) is 6.25. The van der Waals surface area contributed by atoms with Crippen LogP contribution >= 0.6 is 0 Å². The molecule has 1 aliphatic carbocycles. The topological polar surface area (TPSA) is 75.6 Å². The Morgan fingerprint density at radius 2 is 1.95 bits per heavy atom. The zero-order valence-corrected chi connectivity index (χ0v) is 12.1. The van der Waals surface area contributed by atoms with E-state index in [1.54, 1.807) is 0 Å². The Hall–Kier alpha value is -1.10. The fraction of sp³-hybridized carbons (Fsp3) is 0.867. The standard InChI is InChI=1S/C15H25NO4/c1-10-3-2-4-11(9-10)7-8-16-14(17)12-5-6-13(20-12)15(18)19/h10-13H,2-9H2,1H3,(H,16,17)(H,18,19). The van der Waals surface area contributed by atoms with E-state index in [4.69, 9.17) is 9.84 Å². The molecule has 2 fully saturated rings. The third-order valence-electron chi connectivity index (χ3n) is 4.48. The van der Waals surface area contributed by atoms with Gasteiger partial charge in [-0.1, -0.05) is 26.2 Å². The minimum absolute atomic E-state index is 0.155. The Labute approximate surface area is 120 Å². The van der Waals surface area contributed by atoms with E-state index >= 15 is 0 Å². The van der Waals surface area contributed by atoms with E-state index in [9.17, 15) is 9.59 Å². The Kier molecular flexibility index (Phi) is 5.40. The lowest BCUT2D eigenvalue weighted by atomic mass is 9.81. The third-order valence-corrected chi connectivity index (χ3v) is 4.48. The van der Waals surface area contributed by atoms with E-state index < -0.39 is 18.2 Å². The van der Waals surface area contributed by atoms with Gasteiger partial charge in [-0.15, -0.1) is 0 Å². The van der Waals surface area contributed by atoms with Crippen molar-refractivity contribution >= 4 is 11.9 Å². The maximum atomic E-state index is 11.9. The molecule has 2 aliphatic rings. The van der Waals surface area contributed by atoms with Crippen molar-refractivity contribution in [1.82, 2.24) is 5.32 Å². The molecular weight excluding hydrogens is 258 g/mol. The van der Waals surface area contributed by atoms with Crippen LogP contribution in [0.5, 0.6) is 0 Å². The Morgan fingerprint density at radius 3 is 2.60 bits per heavy atom. The van der Waals surface area contributed by atoms with Crippen LogP contribution in [0, 0.1) is 11.8 Å². The smallest absolute Gasteiger partial charge is 0.332 e. The number of carboxylic acids is 1. The summed E-state index contributed by atoms with van der Waals surface area (Å²) in [6.45, 7) is 2.97. The predicted octanol–water partition coefficient (Wildman–Crippen LogP) is 1.95. The van der Waals surface area contributed by atoms with Crippen molar-refractivity contribution in [3.8, 4) is 0 Å². The number of aliphatic carboxylic acids is 1. The summed E-state index contributed by atoms with van der Waals surface area (Å²) >= 11 is 0. The van der Waals surface area contributed by atoms with Crippen LogP contribution in [0.25, 0.3) is 0 Å². The molecular formula is C15H25NO4. The van der Waals surface area contributed by atoms with Gasteiger partial charge in [-0.3, -0.25) is 4.79 Å². The molecule has 0 bridgehead atoms. The average molecular weight is 283 g/mol. The molecule has 5 nitrogen and oxygen atoms in total. The van der Waals surface area contributed by atoms with Gasteiger partial charge >= 0.3 is 5.97 Å². The molecule has 0 aromatic rings. The summed E-state index contributed by atoms with van der Waals surface area (Å²) in [7, 11) is 0. The fourth-order valence-corrected chi connectivity index (χ4v) is 3.35. The predicted molar refractivity (Wildman–Crippen MR) is 74.3 cm³/mol. The second kappa shape index (κ2) is 7.07. The Morgan fingerprint density at radius 1 is 1.20 bits per heavy atom. The summed E-state index contributed by atoms with van der Waals surface area (Å²) < 4.78 is 5.23. The molecule has 5 heteroatoms. The van der Waals surface area contributed by atoms with Crippen molar-refractivity contribution in [3.05, 3.63) is 0 Å². The van der Waals surface area contributed by atoms with Crippen LogP contribution in [0.4, 0.5) is 0 Å². The number of ether oxygens (including phenoxy) is 1. The van der Waals surface area contributed by atoms with Gasteiger partial charge in [-0.25, -0.2) is 4.79 Å². The molecule has 1 saturated heterocycles. The lowest BCUT2D eigenvalue weighted by Gasteiger charge is -2.26. The highest BCUT2D eigenvalue weighted by molar-refractivity contribution is 5.82. The maximum absolute atomic E-state index is 11.9. The number of amides is 1. The molecule has 1 aliphatic heterocycles. The van der Waals surface area contributed by atoms with E-state index in [1.807, 2.05) is 0 Å². The number of carbonyl (C=O) groups excluding carboxylic acids is 1. The minimum atomic E-state index is -0.975. The summed E-state index contributed by atoms with van der Waals surface area (Å²) in [5.74, 6) is 0.392. The molecule has 0 radical (unpaired) electrons. The number of rotatable bonds is 5. The Bertz CT molecular complexity index is 358. The van der Waals surface area contributed by atoms with Gasteiger partial charge in [-0.05, 0) is 37.5 Å². The molecule has 0 spiro atoms. The van der Waals surface area contributed by atoms with E-state index in [0.29, 0.717) is 19.4 Å². The van der Waals surface area contributed by atoms with Crippen molar-refractivity contribution in [2.75, 3.05) is 6.54 Å². The average Bonchev–Trinajstić information content (AvgIpc) is 2.88. The highest BCUT2D eigenvalue weighted by Crippen LogP contribution is 2.30. The zero-order valence-electron chi connectivity index (χ0n) is 12.1. The first-order valence-corrected chi connectivity index (χ1v) is 7.72. The summed E-state index contributed by atoms with van der Waals surface area (Å²) in [5.41, 5.74) is 0. The number of carboxylic acid groups (broad SMARTS) is 1. The van der Waals surface area contributed by atoms with Gasteiger partial charge in [0, 0.05) is 6.54 Å². The summed E-state index contributed by atoms with van der Waals surface area (Å²) in [4.78, 5) is 22.7. The molecule has 2 rings (SSSR count). The summed E-state index contributed by atoms with van der Waals surface area (Å²) in [6.07, 6.45) is 5.70. The van der Waals surface area contributed by atoms with Gasteiger partial charge in [0.1, 0.15) is 6.10 Å². The lowest BCUT2D eigenvalue weighted by Crippen LogP contribution is -2.36. The molecule has 0 aromatic heterocycles. The first-order valence-electron chi connectivity index (χ1n) is 7.72. The summed E-state index contributed by atoms with van der Waals surface area (Å²) in [6, 6.07) is 0. The van der Waals surface area contributed by atoms with Crippen LogP contribution in [0.3, 0.4) is 0 Å². The quantitative estimate of drug-likeness (QED) is 0.808. The third kappa shape index (κ3) is 4.20. The van der Waals surface area contributed by atoms with E-state index in [2.05, 4.69) is 12.2 Å². The highest BCUT2D eigenvalue weighted by atomic mass is 16.5. The first kappa shape index (κ1) is 15.3. The van der Waals surface area contributed by atoms with E-state index in [0.717, 1.165) is 18.3 Å². The number of nitrogens with one attached hydrogen (secondary N) is 1. The number of hydrogen-bond donors (Lipinski definition) is 2. The van der Waals surface area contributed by atoms with Gasteiger partial charge in [-0.2, -0.15) is 0 Å². The normalized spacial score (nSPS) is 33.9. The molecule has 0 aromatic carbocycles. The molecule has 2 N–H and O–H groups in total. The van der Waals surface area contributed by atoms with Crippen LogP contribution in [0.2, 0.25) is 0 Å². The van der Waals surface area contributed by atoms with Gasteiger partial charge in [0.25, 0.3) is 0 Å². The number of hydrogen-bond acceptors (Lipinski definition) is 3. The second-order valence-corrected chi connectivity index (χ2v) is 6.25. The molecule has 4 unspecified atom stereocenters. The first-order chi connectivity index (χ1) is 9.56. The van der Waals surface area contributed by atoms with Crippen molar-refractivity contribution in [2.45, 2.75) is 64.1 Å². The summed E-state index contributed by atoms with van der Waals surface area (Å²) in [5, 5.41) is 11.7. The highest BCUT2D eigenvalue weighted by Gasteiger charge is 2.34. The number of carbonyl (C=O) groups is 2. The van der Waals surface area contributed by atoms with E-state index in [1.165, 1.54) is 25.7 Å². The van der Waals surface area contributed by atoms with Crippen LogP contribution in [0.15, 0.2) is 0 Å². The van der Waals surface area contributed by atoms with Gasteiger partial charge in [0.2, 0.25) is 5.91 Å². The molecule has 1 amide bonds. The minimum Gasteiger partial charge on any atom is -0.479 e. The van der Waals surface area contributed by atoms with Crippen LogP contribution in [-0.2, 0) is 14.3 Å². The van der Waals surface area contributed by atoms with Crippen molar-refractivity contribution in [2.24, 2.45) is 11.8 Å². The molecule has 1 saturated carbocycles. The Balaban J connectivity index is 1.64. The van der Waals surface area contributed by atoms with Crippen LogP contribution in [-0.4, -0.2) is 35.7 Å². The molecule has 20 heavy (non-hydrogen) atoms. The van der Waals surface area contributed by atoms with E-state index in [-0.39, 0.29) is 5.91 Å². The van der Waals surface area contributed by atoms with Crippen LogP contribution < -0.4 is 5.32 Å². The van der Waals surface area contributed by atoms with Gasteiger partial charge in [0.15, 0.2) is 6.10 Å². The SMILES string of the molecule is CC1CCCC(CCNC(=O)C2CCC(C(=O)O)O2)C1. The molecule has 4 atom stereocenters. The fourth-order valence-electron chi connectivity index (χ4n) is 3.35. The van der Waals surface area contributed by atoms with Crippen LogP contribution in [0.1, 0.15) is 51.9 Å². The largest absolute Gasteiger partial charge is 0.479 e. The molecule has 1 heterocycles. The van der Waals surface area contributed by atoms with Crippen molar-refractivity contribution in [3.63, 3.8) is 0 Å². The van der Waals surface area contributed by atoms with Gasteiger partial charge in [0.05, 0.1) is 0 Å².